The summed E-state index contributed by atoms with van der Waals surface area (Å²) in [7, 11) is 0. The second-order valence-electron chi connectivity index (χ2n) is 4.10. The van der Waals surface area contributed by atoms with Crippen molar-refractivity contribution in [2.24, 2.45) is 0 Å². The third-order valence-corrected chi connectivity index (χ3v) is 3.71. The Hall–Kier alpha value is -2.05. The first-order valence-corrected chi connectivity index (χ1v) is 6.97. The highest BCUT2D eigenvalue weighted by atomic mass is 35.5. The van der Waals surface area contributed by atoms with Crippen molar-refractivity contribution in [2.75, 3.05) is 5.32 Å². The van der Waals surface area contributed by atoms with E-state index in [1.165, 1.54) is 12.4 Å². The molecule has 0 unspecified atom stereocenters. The van der Waals surface area contributed by atoms with Gasteiger partial charge in [0.25, 0.3) is 5.91 Å². The summed E-state index contributed by atoms with van der Waals surface area (Å²) in [6.07, 6.45) is 2.75. The molecule has 0 aliphatic rings. The number of amides is 1. The van der Waals surface area contributed by atoms with Gasteiger partial charge in [-0.2, -0.15) is 0 Å². The van der Waals surface area contributed by atoms with Gasteiger partial charge in [0.15, 0.2) is 0 Å². The van der Waals surface area contributed by atoms with Crippen LogP contribution in [0.2, 0.25) is 5.15 Å². The minimum atomic E-state index is -0.347. The number of benzene rings is 1. The van der Waals surface area contributed by atoms with Crippen LogP contribution in [0.25, 0.3) is 10.2 Å². The Morgan fingerprint density at radius 3 is 2.95 bits per heavy atom. The molecule has 0 bridgehead atoms. The number of carbonyl (C=O) groups excluding carboxylic acids is 1. The molecule has 0 fully saturated rings. The minimum Gasteiger partial charge on any atom is -0.321 e. The van der Waals surface area contributed by atoms with Gasteiger partial charge in [-0.3, -0.25) is 9.78 Å². The second-order valence-corrected chi connectivity index (χ2v) is 5.72. The zero-order valence-corrected chi connectivity index (χ0v) is 12.0. The topological polar surface area (TPSA) is 67.8 Å². The largest absolute Gasteiger partial charge is 0.321 e. The molecule has 0 aliphatic heterocycles. The summed E-state index contributed by atoms with van der Waals surface area (Å²) in [4.78, 5) is 24.1. The van der Waals surface area contributed by atoms with Gasteiger partial charge >= 0.3 is 0 Å². The van der Waals surface area contributed by atoms with Gasteiger partial charge in [-0.1, -0.05) is 11.6 Å². The van der Waals surface area contributed by atoms with E-state index in [0.29, 0.717) is 5.69 Å². The predicted octanol–water partition coefficient (Wildman–Crippen LogP) is 3.30. The Bertz CT molecular complexity index is 802. The molecule has 0 saturated heterocycles. The fourth-order valence-electron chi connectivity index (χ4n) is 1.76. The summed E-state index contributed by atoms with van der Waals surface area (Å²) in [6.45, 7) is 1.95. The van der Waals surface area contributed by atoms with Crippen LogP contribution in [-0.4, -0.2) is 20.9 Å². The van der Waals surface area contributed by atoms with E-state index in [-0.39, 0.29) is 16.8 Å². The van der Waals surface area contributed by atoms with Crippen molar-refractivity contribution < 1.29 is 4.79 Å². The highest BCUT2D eigenvalue weighted by Gasteiger charge is 2.10. The number of rotatable bonds is 2. The summed E-state index contributed by atoms with van der Waals surface area (Å²) < 4.78 is 1.03. The molecule has 3 aromatic rings. The van der Waals surface area contributed by atoms with E-state index in [0.717, 1.165) is 15.2 Å². The molecule has 0 atom stereocenters. The third kappa shape index (κ3) is 2.61. The number of nitrogens with zero attached hydrogens (tertiary/aromatic N) is 3. The van der Waals surface area contributed by atoms with Gasteiger partial charge in [0.1, 0.15) is 10.8 Å². The third-order valence-electron chi connectivity index (χ3n) is 2.59. The monoisotopic (exact) mass is 304 g/mol. The number of aryl methyl sites for hydroxylation is 1. The van der Waals surface area contributed by atoms with Crippen LogP contribution in [0, 0.1) is 6.92 Å². The quantitative estimate of drug-likeness (QED) is 0.788. The Morgan fingerprint density at radius 2 is 2.15 bits per heavy atom. The summed E-state index contributed by atoms with van der Waals surface area (Å²) in [5.41, 5.74) is 1.79. The smallest absolute Gasteiger partial charge is 0.275 e. The van der Waals surface area contributed by atoms with Gasteiger partial charge in [-0.05, 0) is 25.1 Å². The molecule has 2 heterocycles. The number of hydrogen-bond donors (Lipinski definition) is 1. The minimum absolute atomic E-state index is 0.179. The number of aromatic nitrogens is 3. The zero-order valence-electron chi connectivity index (χ0n) is 10.4. The van der Waals surface area contributed by atoms with Gasteiger partial charge in [-0.15, -0.1) is 11.3 Å². The normalized spacial score (nSPS) is 10.7. The Balaban J connectivity index is 1.87. The molecule has 0 radical (unpaired) electrons. The number of halogens is 1. The first-order valence-electron chi connectivity index (χ1n) is 5.78. The van der Waals surface area contributed by atoms with Gasteiger partial charge in [0, 0.05) is 5.69 Å². The molecule has 0 spiro atoms. The van der Waals surface area contributed by atoms with Crippen LogP contribution in [0.1, 0.15) is 15.5 Å². The maximum absolute atomic E-state index is 12.0. The lowest BCUT2D eigenvalue weighted by atomic mass is 10.3. The molecule has 0 aliphatic carbocycles. The summed E-state index contributed by atoms with van der Waals surface area (Å²) in [6, 6.07) is 5.56. The lowest BCUT2D eigenvalue weighted by Crippen LogP contribution is -2.13. The molecule has 1 amide bonds. The van der Waals surface area contributed by atoms with Crippen molar-refractivity contribution in [1.82, 2.24) is 15.0 Å². The van der Waals surface area contributed by atoms with Crippen molar-refractivity contribution in [3.63, 3.8) is 0 Å². The molecular weight excluding hydrogens is 296 g/mol. The number of carbonyl (C=O) groups is 1. The summed E-state index contributed by atoms with van der Waals surface area (Å²) in [5.74, 6) is -0.347. The maximum Gasteiger partial charge on any atom is 0.275 e. The SMILES string of the molecule is Cc1nc2ccc(NC(=O)c3cncc(Cl)n3)cc2s1. The van der Waals surface area contributed by atoms with E-state index in [2.05, 4.69) is 20.3 Å². The molecule has 7 heteroatoms. The van der Waals surface area contributed by atoms with Gasteiger partial charge in [-0.25, -0.2) is 9.97 Å². The Kier molecular flexibility index (Phi) is 3.33. The molecule has 1 N–H and O–H groups in total. The van der Waals surface area contributed by atoms with Crippen LogP contribution < -0.4 is 5.32 Å². The number of thiazole rings is 1. The molecule has 1 aromatic carbocycles. The van der Waals surface area contributed by atoms with E-state index in [1.807, 2.05) is 19.1 Å². The van der Waals surface area contributed by atoms with Crippen molar-refractivity contribution in [1.29, 1.82) is 0 Å². The van der Waals surface area contributed by atoms with E-state index in [4.69, 9.17) is 11.6 Å². The van der Waals surface area contributed by atoms with Crippen LogP contribution >= 0.6 is 22.9 Å². The highest BCUT2D eigenvalue weighted by molar-refractivity contribution is 7.18. The first-order chi connectivity index (χ1) is 9.61. The summed E-state index contributed by atoms with van der Waals surface area (Å²) >= 11 is 7.29. The van der Waals surface area contributed by atoms with Crippen LogP contribution in [0.4, 0.5) is 5.69 Å². The molecule has 100 valence electrons. The number of nitrogens with one attached hydrogen (secondary N) is 1. The number of fused-ring (bicyclic) bond motifs is 1. The van der Waals surface area contributed by atoms with Gasteiger partial charge in [0.2, 0.25) is 0 Å². The second kappa shape index (κ2) is 5.15. The zero-order chi connectivity index (χ0) is 14.1. The molecule has 0 saturated carbocycles. The van der Waals surface area contributed by atoms with Crippen molar-refractivity contribution in [3.8, 4) is 0 Å². The summed E-state index contributed by atoms with van der Waals surface area (Å²) in [5, 5.41) is 3.94. The van der Waals surface area contributed by atoms with Crippen molar-refractivity contribution in [3.05, 3.63) is 46.4 Å². The molecule has 5 nitrogen and oxygen atoms in total. The van der Waals surface area contributed by atoms with Crippen molar-refractivity contribution in [2.45, 2.75) is 6.92 Å². The van der Waals surface area contributed by atoms with Crippen LogP contribution in [-0.2, 0) is 0 Å². The van der Waals surface area contributed by atoms with E-state index in [9.17, 15) is 4.79 Å². The molecular formula is C13H9ClN4OS. The van der Waals surface area contributed by atoms with Crippen LogP contribution in [0.3, 0.4) is 0 Å². The fraction of sp³-hybridized carbons (Fsp3) is 0.0769. The van der Waals surface area contributed by atoms with Gasteiger partial charge in [0.05, 0.1) is 27.6 Å². The Morgan fingerprint density at radius 1 is 1.30 bits per heavy atom. The average Bonchev–Trinajstić information content (AvgIpc) is 2.78. The predicted molar refractivity (Wildman–Crippen MR) is 79.4 cm³/mol. The van der Waals surface area contributed by atoms with E-state index in [1.54, 1.807) is 17.4 Å². The van der Waals surface area contributed by atoms with Crippen molar-refractivity contribution >= 4 is 44.7 Å². The fourth-order valence-corrected chi connectivity index (χ4v) is 2.78. The number of anilines is 1. The number of hydrogen-bond acceptors (Lipinski definition) is 5. The molecule has 3 rings (SSSR count). The molecule has 20 heavy (non-hydrogen) atoms. The van der Waals surface area contributed by atoms with E-state index < -0.39 is 0 Å². The first kappa shape index (κ1) is 13.0. The van der Waals surface area contributed by atoms with Gasteiger partial charge < -0.3 is 5.32 Å². The lowest BCUT2D eigenvalue weighted by Gasteiger charge is -2.04. The highest BCUT2D eigenvalue weighted by Crippen LogP contribution is 2.24. The lowest BCUT2D eigenvalue weighted by molar-refractivity contribution is 0.102. The van der Waals surface area contributed by atoms with E-state index >= 15 is 0 Å². The maximum atomic E-state index is 12.0. The van der Waals surface area contributed by atoms with Crippen LogP contribution in [0.5, 0.6) is 0 Å². The standard InChI is InChI=1S/C13H9ClN4OS/c1-7-16-9-3-2-8(4-11(9)20-7)17-13(19)10-5-15-6-12(14)18-10/h2-6H,1H3,(H,17,19). The van der Waals surface area contributed by atoms with Crippen LogP contribution in [0.15, 0.2) is 30.6 Å². The molecule has 2 aromatic heterocycles. The Labute approximate surface area is 123 Å². The average molecular weight is 305 g/mol.